The molecule has 6 heteroatoms. The summed E-state index contributed by atoms with van der Waals surface area (Å²) in [4.78, 5) is 28.6. The van der Waals surface area contributed by atoms with Crippen molar-refractivity contribution in [1.82, 2.24) is 15.5 Å². The molecule has 0 spiro atoms. The van der Waals surface area contributed by atoms with Gasteiger partial charge in [-0.15, -0.1) is 0 Å². The summed E-state index contributed by atoms with van der Waals surface area (Å²) in [7, 11) is 0. The fourth-order valence-electron chi connectivity index (χ4n) is 5.15. The summed E-state index contributed by atoms with van der Waals surface area (Å²) >= 11 is 0. The Morgan fingerprint density at radius 1 is 1.00 bits per heavy atom. The van der Waals surface area contributed by atoms with Crippen molar-refractivity contribution in [1.29, 1.82) is 0 Å². The molecule has 1 aliphatic heterocycles. The number of nitrogens with zero attached hydrogens (tertiary/aromatic N) is 1. The number of nitrogens with one attached hydrogen (secondary N) is 2. The predicted molar refractivity (Wildman–Crippen MR) is 153 cm³/mol. The lowest BCUT2D eigenvalue weighted by Crippen LogP contribution is -2.49. The van der Waals surface area contributed by atoms with Gasteiger partial charge in [0, 0.05) is 37.2 Å². The van der Waals surface area contributed by atoms with Crippen LogP contribution in [0.2, 0.25) is 0 Å². The van der Waals surface area contributed by atoms with Gasteiger partial charge in [-0.2, -0.15) is 0 Å². The van der Waals surface area contributed by atoms with Crippen LogP contribution in [0.25, 0.3) is 0 Å². The van der Waals surface area contributed by atoms with Crippen LogP contribution >= 0.6 is 0 Å². The lowest BCUT2D eigenvalue weighted by Gasteiger charge is -2.29. The molecule has 200 valence electrons. The van der Waals surface area contributed by atoms with E-state index in [2.05, 4.69) is 59.2 Å². The molecule has 4 N–H and O–H groups in total. The van der Waals surface area contributed by atoms with Crippen LogP contribution in [0.3, 0.4) is 0 Å². The van der Waals surface area contributed by atoms with E-state index in [1.165, 1.54) is 11.1 Å². The van der Waals surface area contributed by atoms with Crippen LogP contribution in [0.15, 0.2) is 78.9 Å². The smallest absolute Gasteiger partial charge is 0.251 e. The van der Waals surface area contributed by atoms with Gasteiger partial charge in [-0.25, -0.2) is 0 Å². The van der Waals surface area contributed by atoms with Crippen molar-refractivity contribution in [2.24, 2.45) is 5.73 Å². The van der Waals surface area contributed by atoms with Crippen LogP contribution in [0.4, 0.5) is 0 Å². The van der Waals surface area contributed by atoms with Crippen LogP contribution < -0.4 is 16.4 Å². The van der Waals surface area contributed by atoms with Gasteiger partial charge >= 0.3 is 0 Å². The molecule has 4 rings (SSSR count). The first-order valence-corrected chi connectivity index (χ1v) is 13.7. The minimum atomic E-state index is -0.322. The van der Waals surface area contributed by atoms with Gasteiger partial charge in [0.15, 0.2) is 0 Å². The van der Waals surface area contributed by atoms with Crippen molar-refractivity contribution in [3.8, 4) is 0 Å². The molecule has 1 heterocycles. The zero-order valence-electron chi connectivity index (χ0n) is 22.5. The molecule has 38 heavy (non-hydrogen) atoms. The number of carbonyl (C=O) groups is 2. The molecule has 0 radical (unpaired) electrons. The molecule has 3 aromatic carbocycles. The third-order valence-electron chi connectivity index (χ3n) is 7.58. The second-order valence-electron chi connectivity index (χ2n) is 10.3. The predicted octanol–water partition coefficient (Wildman–Crippen LogP) is 4.16. The van der Waals surface area contributed by atoms with Crippen molar-refractivity contribution in [2.75, 3.05) is 26.2 Å². The Hall–Kier alpha value is -3.48. The quantitative estimate of drug-likeness (QED) is 0.381. The number of rotatable bonds is 10. The number of aryl methyl sites for hydroxylation is 2. The number of amides is 2. The van der Waals surface area contributed by atoms with E-state index < -0.39 is 0 Å². The summed E-state index contributed by atoms with van der Waals surface area (Å²) in [6.07, 6.45) is 2.20. The first-order valence-electron chi connectivity index (χ1n) is 13.7. The Morgan fingerprint density at radius 3 is 2.26 bits per heavy atom. The molecule has 0 aliphatic carbocycles. The highest BCUT2D eigenvalue weighted by atomic mass is 16.2. The van der Waals surface area contributed by atoms with Gasteiger partial charge in [-0.05, 0) is 74.0 Å². The molecule has 2 amide bonds. The lowest BCUT2D eigenvalue weighted by molar-refractivity contribution is -0.133. The van der Waals surface area contributed by atoms with Gasteiger partial charge < -0.3 is 21.3 Å². The second kappa shape index (κ2) is 13.4. The van der Waals surface area contributed by atoms with E-state index >= 15 is 0 Å². The molecule has 2 atom stereocenters. The molecular formula is C32H40N4O2. The van der Waals surface area contributed by atoms with E-state index in [9.17, 15) is 9.59 Å². The number of hydrogen-bond donors (Lipinski definition) is 3. The van der Waals surface area contributed by atoms with E-state index in [0.717, 1.165) is 24.0 Å². The largest absolute Gasteiger partial charge is 0.350 e. The Kier molecular flexibility index (Phi) is 9.68. The van der Waals surface area contributed by atoms with Gasteiger partial charge in [0.05, 0.1) is 6.04 Å². The highest BCUT2D eigenvalue weighted by molar-refractivity contribution is 5.94. The maximum Gasteiger partial charge on any atom is 0.251 e. The van der Waals surface area contributed by atoms with E-state index in [-0.39, 0.29) is 29.8 Å². The Bertz CT molecular complexity index is 1160. The average molecular weight is 513 g/mol. The molecule has 0 unspecified atom stereocenters. The van der Waals surface area contributed by atoms with Crippen molar-refractivity contribution in [3.63, 3.8) is 0 Å². The topological polar surface area (TPSA) is 87.5 Å². The van der Waals surface area contributed by atoms with Crippen molar-refractivity contribution in [2.45, 2.75) is 51.1 Å². The summed E-state index contributed by atoms with van der Waals surface area (Å²) in [6.45, 7) is 6.29. The fraction of sp³-hybridized carbons (Fsp3) is 0.375. The van der Waals surface area contributed by atoms with Gasteiger partial charge in [-0.1, -0.05) is 66.7 Å². The summed E-state index contributed by atoms with van der Waals surface area (Å²) in [5.41, 5.74) is 11.1. The van der Waals surface area contributed by atoms with Crippen molar-refractivity contribution >= 4 is 11.8 Å². The summed E-state index contributed by atoms with van der Waals surface area (Å²) in [5.74, 6) is 0.102. The van der Waals surface area contributed by atoms with Crippen molar-refractivity contribution in [3.05, 3.63) is 107 Å². The minimum absolute atomic E-state index is 0.00544. The lowest BCUT2D eigenvalue weighted by atomic mass is 9.90. The second-order valence-corrected chi connectivity index (χ2v) is 10.3. The van der Waals surface area contributed by atoms with E-state index in [1.54, 1.807) is 0 Å². The first-order chi connectivity index (χ1) is 18.5. The number of benzene rings is 3. The SMILES string of the molecule is Cc1ccc(C(=O)NC[C@@H]2CCN(CC(c3ccccc3)c3ccccc3)C(=O)[C@H](CCCN)N2)cc1C. The monoisotopic (exact) mass is 512 g/mol. The van der Waals surface area contributed by atoms with E-state index in [4.69, 9.17) is 5.73 Å². The molecule has 6 nitrogen and oxygen atoms in total. The third kappa shape index (κ3) is 7.09. The summed E-state index contributed by atoms with van der Waals surface area (Å²) in [5, 5.41) is 6.64. The van der Waals surface area contributed by atoms with Gasteiger partial charge in [-0.3, -0.25) is 9.59 Å². The number of nitrogens with two attached hydrogens (primary N) is 1. The van der Waals surface area contributed by atoms with Crippen molar-refractivity contribution < 1.29 is 9.59 Å². The zero-order chi connectivity index (χ0) is 26.9. The Balaban J connectivity index is 1.49. The Morgan fingerprint density at radius 2 is 1.66 bits per heavy atom. The molecule has 3 aromatic rings. The van der Waals surface area contributed by atoms with Gasteiger partial charge in [0.2, 0.25) is 5.91 Å². The highest BCUT2D eigenvalue weighted by Crippen LogP contribution is 2.27. The van der Waals surface area contributed by atoms with Crippen LogP contribution in [-0.2, 0) is 4.79 Å². The van der Waals surface area contributed by atoms with Gasteiger partial charge in [0.1, 0.15) is 0 Å². The highest BCUT2D eigenvalue weighted by Gasteiger charge is 2.32. The molecule has 1 saturated heterocycles. The summed E-state index contributed by atoms with van der Waals surface area (Å²) in [6, 6.07) is 26.2. The summed E-state index contributed by atoms with van der Waals surface area (Å²) < 4.78 is 0. The molecule has 0 aromatic heterocycles. The molecule has 0 saturated carbocycles. The molecule has 0 bridgehead atoms. The average Bonchev–Trinajstić information content (AvgIpc) is 3.09. The van der Waals surface area contributed by atoms with Crippen LogP contribution in [0.5, 0.6) is 0 Å². The van der Waals surface area contributed by atoms with Crippen LogP contribution in [0, 0.1) is 13.8 Å². The maximum absolute atomic E-state index is 13.8. The third-order valence-corrected chi connectivity index (χ3v) is 7.58. The Labute approximate surface area is 226 Å². The fourth-order valence-corrected chi connectivity index (χ4v) is 5.15. The maximum atomic E-state index is 13.8. The standard InChI is InChI=1S/C32H40N4O2/c1-23-15-16-27(20-24(23)2)31(37)34-21-28-17-19-36(32(38)30(35-28)14-9-18-33)22-29(25-10-5-3-6-11-25)26-12-7-4-8-13-26/h3-8,10-13,15-16,20,28-30,35H,9,14,17-19,21-22,33H2,1-2H3,(H,34,37)/t28-,30-/m0/s1. The normalized spacial score (nSPS) is 17.9. The molecular weight excluding hydrogens is 472 g/mol. The van der Waals surface area contributed by atoms with Crippen LogP contribution in [0.1, 0.15) is 57.8 Å². The van der Waals surface area contributed by atoms with E-state index in [1.807, 2.05) is 49.1 Å². The van der Waals surface area contributed by atoms with Gasteiger partial charge in [0.25, 0.3) is 5.91 Å². The van der Waals surface area contributed by atoms with Crippen LogP contribution in [-0.4, -0.2) is 55.0 Å². The first kappa shape index (κ1) is 27.6. The number of hydrogen-bond acceptors (Lipinski definition) is 4. The molecule has 1 fully saturated rings. The number of carbonyl (C=O) groups excluding carboxylic acids is 2. The minimum Gasteiger partial charge on any atom is -0.350 e. The zero-order valence-corrected chi connectivity index (χ0v) is 22.5. The van der Waals surface area contributed by atoms with E-state index in [0.29, 0.717) is 38.2 Å². The molecule has 1 aliphatic rings.